The second-order valence-corrected chi connectivity index (χ2v) is 10.2. The fraction of sp³-hybridized carbons (Fsp3) is 0.368. The van der Waals surface area contributed by atoms with Crippen molar-refractivity contribution in [3.8, 4) is 0 Å². The molecule has 1 amide bonds. The minimum absolute atomic E-state index is 0.151. The van der Waals surface area contributed by atoms with Crippen molar-refractivity contribution in [3.63, 3.8) is 0 Å². The number of fused-ring (bicyclic) bond motifs is 1. The minimum atomic E-state index is -3.56. The molecule has 148 valence electrons. The van der Waals surface area contributed by atoms with E-state index in [0.717, 1.165) is 34.2 Å². The largest absolute Gasteiger partial charge is 0.345 e. The maximum Gasteiger partial charge on any atom is 0.274 e. The number of thiazole rings is 1. The van der Waals surface area contributed by atoms with Gasteiger partial charge in [-0.2, -0.15) is 4.31 Å². The molecule has 1 aliphatic heterocycles. The Morgan fingerprint density at radius 1 is 1.18 bits per heavy atom. The third kappa shape index (κ3) is 3.34. The highest BCUT2D eigenvalue weighted by atomic mass is 32.2. The van der Waals surface area contributed by atoms with Gasteiger partial charge in [0.15, 0.2) is 5.13 Å². The topological polar surface area (TPSA) is 84.3 Å². The number of carbonyl (C=O) groups is 1. The zero-order valence-corrected chi connectivity index (χ0v) is 17.7. The van der Waals surface area contributed by atoms with Gasteiger partial charge >= 0.3 is 0 Å². The normalized spacial score (nSPS) is 15.4. The number of aryl methyl sites for hydroxylation is 3. The summed E-state index contributed by atoms with van der Waals surface area (Å²) in [6.45, 7) is 5.08. The first kappa shape index (κ1) is 19.1. The Labute approximate surface area is 168 Å². The number of hydrogen-bond donors (Lipinski definition) is 1. The van der Waals surface area contributed by atoms with E-state index in [1.165, 1.54) is 27.9 Å². The van der Waals surface area contributed by atoms with Gasteiger partial charge in [0.1, 0.15) is 10.6 Å². The van der Waals surface area contributed by atoms with E-state index in [-0.39, 0.29) is 16.5 Å². The van der Waals surface area contributed by atoms with Gasteiger partial charge in [-0.15, -0.1) is 0 Å². The lowest BCUT2D eigenvalue weighted by molar-refractivity contribution is 0.101. The maximum absolute atomic E-state index is 12.8. The molecule has 0 saturated carbocycles. The van der Waals surface area contributed by atoms with Crippen LogP contribution in [0.25, 0.3) is 10.2 Å². The summed E-state index contributed by atoms with van der Waals surface area (Å²) in [5.41, 5.74) is 3.36. The number of amides is 1. The average molecular weight is 419 g/mol. The number of hydrogen-bond acceptors (Lipinski definition) is 5. The van der Waals surface area contributed by atoms with Crippen LogP contribution in [0.15, 0.2) is 29.3 Å². The summed E-state index contributed by atoms with van der Waals surface area (Å²) >= 11 is 1.41. The predicted octanol–water partition coefficient (Wildman–Crippen LogP) is 3.29. The van der Waals surface area contributed by atoms with Crippen molar-refractivity contribution in [2.24, 2.45) is 7.05 Å². The van der Waals surface area contributed by atoms with E-state index in [9.17, 15) is 13.2 Å². The molecule has 0 bridgehead atoms. The molecule has 3 heterocycles. The molecule has 0 unspecified atom stereocenters. The van der Waals surface area contributed by atoms with Crippen molar-refractivity contribution in [2.75, 3.05) is 18.4 Å². The highest BCUT2D eigenvalue weighted by molar-refractivity contribution is 7.89. The lowest BCUT2D eigenvalue weighted by Crippen LogP contribution is -2.27. The molecule has 0 spiro atoms. The van der Waals surface area contributed by atoms with Crippen LogP contribution in [-0.4, -0.2) is 41.3 Å². The molecule has 1 aromatic carbocycles. The number of nitrogens with one attached hydrogen (secondary N) is 1. The van der Waals surface area contributed by atoms with Gasteiger partial charge in [0.25, 0.3) is 5.91 Å². The molecule has 1 fully saturated rings. The monoisotopic (exact) mass is 418 g/mol. The number of carbonyl (C=O) groups excluding carboxylic acids is 1. The van der Waals surface area contributed by atoms with Crippen molar-refractivity contribution >= 4 is 42.6 Å². The van der Waals surface area contributed by atoms with Gasteiger partial charge in [-0.1, -0.05) is 17.4 Å². The van der Waals surface area contributed by atoms with Gasteiger partial charge in [-0.05, 0) is 49.9 Å². The molecule has 0 atom stereocenters. The summed E-state index contributed by atoms with van der Waals surface area (Å²) in [5, 5.41) is 3.31. The van der Waals surface area contributed by atoms with E-state index in [2.05, 4.69) is 16.4 Å². The predicted molar refractivity (Wildman–Crippen MR) is 110 cm³/mol. The summed E-state index contributed by atoms with van der Waals surface area (Å²) in [6.07, 6.45) is 3.24. The molecular weight excluding hydrogens is 396 g/mol. The molecule has 28 heavy (non-hydrogen) atoms. The van der Waals surface area contributed by atoms with Crippen LogP contribution in [0.5, 0.6) is 0 Å². The van der Waals surface area contributed by atoms with Crippen LogP contribution in [-0.2, 0) is 17.1 Å². The summed E-state index contributed by atoms with van der Waals surface area (Å²) in [6, 6.07) is 5.53. The standard InChI is InChI=1S/C19H22N4O3S2/c1-12-8-13(2)17-16(9-12)27-19(20-17)21-18(24)15-10-14(11-22(15)3)28(25,26)23-6-4-5-7-23/h8-11H,4-7H2,1-3H3,(H,20,21,24). The van der Waals surface area contributed by atoms with Gasteiger partial charge in [0, 0.05) is 26.3 Å². The van der Waals surface area contributed by atoms with E-state index in [0.29, 0.717) is 18.2 Å². The first-order chi connectivity index (χ1) is 13.3. The zero-order valence-electron chi connectivity index (χ0n) is 16.0. The molecular formula is C19H22N4O3S2. The third-order valence-corrected chi connectivity index (χ3v) is 7.75. The molecule has 3 aromatic rings. The molecule has 1 saturated heterocycles. The molecule has 9 heteroatoms. The Kier molecular flexibility index (Phi) is 4.76. The van der Waals surface area contributed by atoms with Crippen LogP contribution in [0.1, 0.15) is 34.5 Å². The van der Waals surface area contributed by atoms with Gasteiger partial charge < -0.3 is 4.57 Å². The van der Waals surface area contributed by atoms with Crippen LogP contribution >= 0.6 is 11.3 Å². The molecule has 0 aliphatic carbocycles. The van der Waals surface area contributed by atoms with Gasteiger partial charge in [0.2, 0.25) is 10.0 Å². The first-order valence-electron chi connectivity index (χ1n) is 9.11. The minimum Gasteiger partial charge on any atom is -0.345 e. The molecule has 2 aromatic heterocycles. The van der Waals surface area contributed by atoms with Gasteiger partial charge in [-0.25, -0.2) is 13.4 Å². The summed E-state index contributed by atoms with van der Waals surface area (Å²) < 4.78 is 29.5. The maximum atomic E-state index is 12.8. The summed E-state index contributed by atoms with van der Waals surface area (Å²) in [5.74, 6) is -0.376. The fourth-order valence-corrected chi connectivity index (χ4v) is 6.19. The van der Waals surface area contributed by atoms with E-state index >= 15 is 0 Å². The molecule has 1 aliphatic rings. The Morgan fingerprint density at radius 3 is 2.61 bits per heavy atom. The number of aromatic nitrogens is 2. The molecule has 7 nitrogen and oxygen atoms in total. The Hall–Kier alpha value is -2.23. The van der Waals surface area contributed by atoms with Crippen LogP contribution in [0.4, 0.5) is 5.13 Å². The molecule has 1 N–H and O–H groups in total. The highest BCUT2D eigenvalue weighted by Gasteiger charge is 2.29. The lowest BCUT2D eigenvalue weighted by atomic mass is 10.1. The van der Waals surface area contributed by atoms with Crippen LogP contribution in [0, 0.1) is 13.8 Å². The van der Waals surface area contributed by atoms with Crippen molar-refractivity contribution < 1.29 is 13.2 Å². The summed E-state index contributed by atoms with van der Waals surface area (Å²) in [7, 11) is -1.89. The quantitative estimate of drug-likeness (QED) is 0.705. The van der Waals surface area contributed by atoms with Gasteiger partial charge in [0.05, 0.1) is 10.2 Å². The van der Waals surface area contributed by atoms with Crippen molar-refractivity contribution in [3.05, 3.63) is 41.2 Å². The lowest BCUT2D eigenvalue weighted by Gasteiger charge is -2.13. The zero-order chi connectivity index (χ0) is 20.1. The Balaban J connectivity index is 1.61. The first-order valence-corrected chi connectivity index (χ1v) is 11.4. The second kappa shape index (κ2) is 6.98. The van der Waals surface area contributed by atoms with E-state index < -0.39 is 10.0 Å². The van der Waals surface area contributed by atoms with E-state index in [4.69, 9.17) is 0 Å². The number of anilines is 1. The SMILES string of the molecule is Cc1cc(C)c2nc(NC(=O)c3cc(S(=O)(=O)N4CCCC4)cn3C)sc2c1. The third-order valence-electron chi connectivity index (χ3n) is 4.97. The number of rotatable bonds is 4. The Bertz CT molecular complexity index is 1170. The molecule has 4 rings (SSSR count). The number of nitrogens with zero attached hydrogens (tertiary/aromatic N) is 3. The van der Waals surface area contributed by atoms with Gasteiger partial charge in [-0.3, -0.25) is 10.1 Å². The van der Waals surface area contributed by atoms with Crippen LogP contribution in [0.3, 0.4) is 0 Å². The van der Waals surface area contributed by atoms with E-state index in [1.54, 1.807) is 11.6 Å². The van der Waals surface area contributed by atoms with Crippen LogP contribution < -0.4 is 5.32 Å². The summed E-state index contributed by atoms with van der Waals surface area (Å²) in [4.78, 5) is 17.4. The molecule has 0 radical (unpaired) electrons. The second-order valence-electron chi connectivity index (χ2n) is 7.18. The fourth-order valence-electron chi connectivity index (χ4n) is 3.56. The highest BCUT2D eigenvalue weighted by Crippen LogP contribution is 2.30. The smallest absolute Gasteiger partial charge is 0.274 e. The van der Waals surface area contributed by atoms with E-state index in [1.807, 2.05) is 19.9 Å². The van der Waals surface area contributed by atoms with Crippen molar-refractivity contribution in [1.82, 2.24) is 13.9 Å². The Morgan fingerprint density at radius 2 is 1.89 bits per heavy atom. The van der Waals surface area contributed by atoms with Crippen molar-refractivity contribution in [1.29, 1.82) is 0 Å². The van der Waals surface area contributed by atoms with Crippen LogP contribution in [0.2, 0.25) is 0 Å². The number of sulfonamides is 1. The average Bonchev–Trinajstić information content (AvgIpc) is 3.33. The van der Waals surface area contributed by atoms with Crippen molar-refractivity contribution in [2.45, 2.75) is 31.6 Å². The number of benzene rings is 1.